The molecule has 1 amide bonds. The molecule has 0 atom stereocenters. The summed E-state index contributed by atoms with van der Waals surface area (Å²) >= 11 is 0. The molecular weight excluding hydrogens is 183 g/mol. The molecule has 0 unspecified atom stereocenters. The van der Waals surface area contributed by atoms with Gasteiger partial charge in [-0.25, -0.2) is 4.39 Å². The fraction of sp³-hybridized carbons (Fsp3) is 0.300. The molecule has 0 saturated heterocycles. The fourth-order valence-corrected chi connectivity index (χ4v) is 1.29. The highest BCUT2D eigenvalue weighted by atomic mass is 19.1. The summed E-state index contributed by atoms with van der Waals surface area (Å²) in [4.78, 5) is 12.7. The number of rotatable bonds is 2. The van der Waals surface area contributed by atoms with E-state index in [2.05, 4.69) is 0 Å². The van der Waals surface area contributed by atoms with E-state index in [1.54, 1.807) is 0 Å². The smallest absolute Gasteiger partial charge is 0.223 e. The number of benzene rings is 1. The van der Waals surface area contributed by atoms with Crippen molar-refractivity contribution in [1.82, 2.24) is 0 Å². The second kappa shape index (κ2) is 4.09. The predicted molar refractivity (Wildman–Crippen MR) is 54.5 cm³/mol. The van der Waals surface area contributed by atoms with Crippen molar-refractivity contribution in [2.45, 2.75) is 13.8 Å². The van der Waals surface area contributed by atoms with Gasteiger partial charge < -0.3 is 10.6 Å². The van der Waals surface area contributed by atoms with E-state index in [1.165, 1.54) is 30.0 Å². The molecule has 0 aromatic heterocycles. The number of hydrogen-bond donors (Lipinski definition) is 1. The van der Waals surface area contributed by atoms with E-state index in [0.717, 1.165) is 0 Å². The molecule has 1 rings (SSSR count). The monoisotopic (exact) mass is 196 g/mol. The number of carbonyl (C=O) groups excluding carboxylic acids is 1. The second-order valence-corrected chi connectivity index (χ2v) is 2.97. The molecule has 0 fully saturated rings. The van der Waals surface area contributed by atoms with Gasteiger partial charge in [0.2, 0.25) is 5.91 Å². The first-order valence-electron chi connectivity index (χ1n) is 4.39. The highest BCUT2D eigenvalue weighted by Gasteiger charge is 2.10. The van der Waals surface area contributed by atoms with Gasteiger partial charge in [0.05, 0.1) is 5.69 Å². The number of nitrogens with two attached hydrogens (primary N) is 1. The lowest BCUT2D eigenvalue weighted by Crippen LogP contribution is -2.27. The molecule has 14 heavy (non-hydrogen) atoms. The average molecular weight is 196 g/mol. The van der Waals surface area contributed by atoms with Crippen molar-refractivity contribution in [2.24, 2.45) is 0 Å². The number of anilines is 2. The summed E-state index contributed by atoms with van der Waals surface area (Å²) < 4.78 is 12.8. The molecule has 1 aromatic carbocycles. The van der Waals surface area contributed by atoms with Crippen LogP contribution in [0.25, 0.3) is 0 Å². The van der Waals surface area contributed by atoms with Crippen molar-refractivity contribution in [3.63, 3.8) is 0 Å². The lowest BCUT2D eigenvalue weighted by molar-refractivity contribution is -0.116. The number of hydrogen-bond acceptors (Lipinski definition) is 2. The van der Waals surface area contributed by atoms with Gasteiger partial charge in [0.15, 0.2) is 0 Å². The Labute approximate surface area is 82.3 Å². The summed E-state index contributed by atoms with van der Waals surface area (Å²) in [6, 6.07) is 4.26. The standard InChI is InChI=1S/C10H13FN2O/c1-3-13(7(2)14)8-4-5-9(11)10(12)6-8/h4-6H,3,12H2,1-2H3. The van der Waals surface area contributed by atoms with Gasteiger partial charge in [-0.05, 0) is 25.1 Å². The van der Waals surface area contributed by atoms with Crippen molar-refractivity contribution in [3.8, 4) is 0 Å². The fourth-order valence-electron chi connectivity index (χ4n) is 1.29. The van der Waals surface area contributed by atoms with E-state index in [1.807, 2.05) is 6.92 Å². The first-order chi connectivity index (χ1) is 6.56. The maximum absolute atomic E-state index is 12.8. The summed E-state index contributed by atoms with van der Waals surface area (Å²) in [7, 11) is 0. The van der Waals surface area contributed by atoms with E-state index >= 15 is 0 Å². The van der Waals surface area contributed by atoms with Crippen LogP contribution in [0.1, 0.15) is 13.8 Å². The molecule has 0 bridgehead atoms. The SMILES string of the molecule is CCN(C(C)=O)c1ccc(F)c(N)c1. The maximum atomic E-state index is 12.8. The highest BCUT2D eigenvalue weighted by Crippen LogP contribution is 2.20. The Balaban J connectivity index is 3.06. The number of nitrogen functional groups attached to an aromatic ring is 1. The Bertz CT molecular complexity index is 352. The average Bonchev–Trinajstić information content (AvgIpc) is 2.11. The third kappa shape index (κ3) is 2.02. The highest BCUT2D eigenvalue weighted by molar-refractivity contribution is 5.91. The van der Waals surface area contributed by atoms with Crippen molar-refractivity contribution < 1.29 is 9.18 Å². The minimum absolute atomic E-state index is 0.0576. The van der Waals surface area contributed by atoms with Crippen molar-refractivity contribution in [2.75, 3.05) is 17.2 Å². The molecule has 1 aromatic rings. The quantitative estimate of drug-likeness (QED) is 0.733. The van der Waals surface area contributed by atoms with E-state index < -0.39 is 5.82 Å². The number of carbonyl (C=O) groups is 1. The van der Waals surface area contributed by atoms with Crippen LogP contribution < -0.4 is 10.6 Å². The molecule has 0 aliphatic carbocycles. The molecule has 76 valence electrons. The third-order valence-corrected chi connectivity index (χ3v) is 1.99. The Morgan fingerprint density at radius 3 is 2.64 bits per heavy atom. The van der Waals surface area contributed by atoms with E-state index in [0.29, 0.717) is 12.2 Å². The van der Waals surface area contributed by atoms with Crippen molar-refractivity contribution in [3.05, 3.63) is 24.0 Å². The van der Waals surface area contributed by atoms with Crippen LogP contribution in [0.2, 0.25) is 0 Å². The van der Waals surface area contributed by atoms with Gasteiger partial charge in [0.25, 0.3) is 0 Å². The zero-order valence-corrected chi connectivity index (χ0v) is 8.25. The van der Waals surface area contributed by atoms with Crippen LogP contribution in [0.5, 0.6) is 0 Å². The molecule has 0 aliphatic heterocycles. The van der Waals surface area contributed by atoms with E-state index in [4.69, 9.17) is 5.73 Å². The summed E-state index contributed by atoms with van der Waals surface area (Å²) in [5, 5.41) is 0. The predicted octanol–water partition coefficient (Wildman–Crippen LogP) is 1.78. The Kier molecular flexibility index (Phi) is 3.06. The van der Waals surface area contributed by atoms with Crippen LogP contribution in [0.3, 0.4) is 0 Å². The molecule has 4 heteroatoms. The Morgan fingerprint density at radius 1 is 1.57 bits per heavy atom. The van der Waals surface area contributed by atoms with E-state index in [9.17, 15) is 9.18 Å². The molecule has 2 N–H and O–H groups in total. The van der Waals surface area contributed by atoms with Gasteiger partial charge in [-0.2, -0.15) is 0 Å². The summed E-state index contributed by atoms with van der Waals surface area (Å²) in [5.41, 5.74) is 6.08. The third-order valence-electron chi connectivity index (χ3n) is 1.99. The number of nitrogens with zero attached hydrogens (tertiary/aromatic N) is 1. The Morgan fingerprint density at radius 2 is 2.21 bits per heavy atom. The van der Waals surface area contributed by atoms with Crippen molar-refractivity contribution in [1.29, 1.82) is 0 Å². The normalized spacial score (nSPS) is 9.93. The van der Waals surface area contributed by atoms with Gasteiger partial charge in [-0.3, -0.25) is 4.79 Å². The first-order valence-corrected chi connectivity index (χ1v) is 4.39. The van der Waals surface area contributed by atoms with Crippen LogP contribution in [0.15, 0.2) is 18.2 Å². The largest absolute Gasteiger partial charge is 0.396 e. The minimum Gasteiger partial charge on any atom is -0.396 e. The van der Waals surface area contributed by atoms with Gasteiger partial charge >= 0.3 is 0 Å². The zero-order chi connectivity index (χ0) is 10.7. The van der Waals surface area contributed by atoms with Crippen LogP contribution in [0, 0.1) is 5.82 Å². The second-order valence-electron chi connectivity index (χ2n) is 2.97. The summed E-state index contributed by atoms with van der Waals surface area (Å²) in [6.45, 7) is 3.85. The maximum Gasteiger partial charge on any atom is 0.223 e. The lowest BCUT2D eigenvalue weighted by atomic mass is 10.2. The molecule has 0 aliphatic rings. The first kappa shape index (κ1) is 10.5. The molecule has 0 spiro atoms. The summed E-state index contributed by atoms with van der Waals surface area (Å²) in [5.74, 6) is -0.549. The van der Waals surface area contributed by atoms with Gasteiger partial charge in [0, 0.05) is 19.2 Å². The molecule has 3 nitrogen and oxygen atoms in total. The van der Waals surface area contributed by atoms with E-state index in [-0.39, 0.29) is 11.6 Å². The molecule has 0 radical (unpaired) electrons. The lowest BCUT2D eigenvalue weighted by Gasteiger charge is -2.19. The van der Waals surface area contributed by atoms with Gasteiger partial charge in [-0.1, -0.05) is 0 Å². The topological polar surface area (TPSA) is 46.3 Å². The van der Waals surface area contributed by atoms with Gasteiger partial charge in [0.1, 0.15) is 5.82 Å². The minimum atomic E-state index is -0.464. The van der Waals surface area contributed by atoms with Crippen LogP contribution in [-0.4, -0.2) is 12.5 Å². The zero-order valence-electron chi connectivity index (χ0n) is 8.25. The van der Waals surface area contributed by atoms with Gasteiger partial charge in [-0.15, -0.1) is 0 Å². The molecule has 0 saturated carbocycles. The number of halogens is 1. The Hall–Kier alpha value is -1.58. The molecule has 0 heterocycles. The number of amides is 1. The summed E-state index contributed by atoms with van der Waals surface area (Å²) in [6.07, 6.45) is 0. The van der Waals surface area contributed by atoms with Crippen molar-refractivity contribution >= 4 is 17.3 Å². The van der Waals surface area contributed by atoms with Crippen LogP contribution >= 0.6 is 0 Å². The molecular formula is C10H13FN2O. The van der Waals surface area contributed by atoms with Crippen LogP contribution in [0.4, 0.5) is 15.8 Å². The van der Waals surface area contributed by atoms with Crippen LogP contribution in [-0.2, 0) is 4.79 Å².